The topological polar surface area (TPSA) is 71.2 Å². The molecule has 0 radical (unpaired) electrons. The molecule has 0 aromatic carbocycles. The average Bonchev–Trinajstić information content (AvgIpc) is 2.38. The second-order valence-corrected chi connectivity index (χ2v) is 4.81. The Hall–Kier alpha value is -1.29. The number of rotatable bonds is 4. The lowest BCUT2D eigenvalue weighted by atomic mass is 9.79. The van der Waals surface area contributed by atoms with Crippen LogP contribution in [0.25, 0.3) is 0 Å². The first-order valence-corrected chi connectivity index (χ1v) is 6.36. The van der Waals surface area contributed by atoms with Gasteiger partial charge in [-0.05, 0) is 36.8 Å². The van der Waals surface area contributed by atoms with Crippen LogP contribution in [0.15, 0.2) is 18.3 Å². The van der Waals surface area contributed by atoms with Crippen LogP contribution in [0, 0.1) is 11.8 Å². The van der Waals surface area contributed by atoms with E-state index in [-0.39, 0.29) is 0 Å². The summed E-state index contributed by atoms with van der Waals surface area (Å²) in [6.45, 7) is 1.15. The molecule has 1 aliphatic rings. The summed E-state index contributed by atoms with van der Waals surface area (Å²) < 4.78 is 0. The smallest absolute Gasteiger partial charge is 0.149 e. The summed E-state index contributed by atoms with van der Waals surface area (Å²) in [7, 11) is 0. The summed E-state index contributed by atoms with van der Waals surface area (Å²) in [5.41, 5.74) is 6.51. The van der Waals surface area contributed by atoms with Gasteiger partial charge in [0.25, 0.3) is 0 Å². The molecule has 4 nitrogen and oxygen atoms in total. The van der Waals surface area contributed by atoms with Gasteiger partial charge in [0.15, 0.2) is 0 Å². The van der Waals surface area contributed by atoms with E-state index in [0.717, 1.165) is 18.8 Å². The second-order valence-electron chi connectivity index (χ2n) is 4.81. The van der Waals surface area contributed by atoms with E-state index in [1.165, 1.54) is 19.3 Å². The van der Waals surface area contributed by atoms with Crippen molar-refractivity contribution in [2.24, 2.45) is 11.8 Å². The zero-order valence-electron chi connectivity index (χ0n) is 10.1. The van der Waals surface area contributed by atoms with Gasteiger partial charge in [0, 0.05) is 19.3 Å². The van der Waals surface area contributed by atoms with Crippen LogP contribution >= 0.6 is 0 Å². The van der Waals surface area contributed by atoms with Crippen LogP contribution in [0.3, 0.4) is 0 Å². The fraction of sp³-hybridized carbons (Fsp3) is 0.615. The molecule has 1 saturated carbocycles. The maximum Gasteiger partial charge on any atom is 0.149 e. The summed E-state index contributed by atoms with van der Waals surface area (Å²) >= 11 is 0. The number of aromatic nitrogens is 1. The molecule has 0 aliphatic heterocycles. The number of nitrogens with one attached hydrogen (secondary N) is 1. The molecule has 0 spiro atoms. The van der Waals surface area contributed by atoms with Crippen molar-refractivity contribution in [2.45, 2.75) is 25.7 Å². The van der Waals surface area contributed by atoms with Gasteiger partial charge in [-0.1, -0.05) is 12.8 Å². The SMILES string of the molecule is Nc1cccnc1NCC1CCCCC1CO. The molecule has 1 aromatic heterocycles. The van der Waals surface area contributed by atoms with Crippen molar-refractivity contribution >= 4 is 11.5 Å². The molecule has 17 heavy (non-hydrogen) atoms. The number of anilines is 2. The van der Waals surface area contributed by atoms with Crippen molar-refractivity contribution in [1.29, 1.82) is 0 Å². The Morgan fingerprint density at radius 3 is 2.82 bits per heavy atom. The van der Waals surface area contributed by atoms with Gasteiger partial charge in [-0.3, -0.25) is 0 Å². The predicted molar refractivity (Wildman–Crippen MR) is 69.7 cm³/mol. The predicted octanol–water partition coefficient (Wildman–Crippen LogP) is 1.87. The molecule has 0 amide bonds. The molecule has 4 heteroatoms. The summed E-state index contributed by atoms with van der Waals surface area (Å²) in [5, 5.41) is 12.6. The van der Waals surface area contributed by atoms with Crippen molar-refractivity contribution in [3.63, 3.8) is 0 Å². The minimum absolute atomic E-state index is 0.296. The van der Waals surface area contributed by atoms with Crippen LogP contribution in [-0.4, -0.2) is 23.2 Å². The van der Waals surface area contributed by atoms with E-state index >= 15 is 0 Å². The van der Waals surface area contributed by atoms with Crippen LogP contribution < -0.4 is 11.1 Å². The highest BCUT2D eigenvalue weighted by Crippen LogP contribution is 2.30. The van der Waals surface area contributed by atoms with Gasteiger partial charge >= 0.3 is 0 Å². The monoisotopic (exact) mass is 235 g/mol. The van der Waals surface area contributed by atoms with Gasteiger partial charge in [-0.2, -0.15) is 0 Å². The van der Waals surface area contributed by atoms with Crippen LogP contribution in [0.2, 0.25) is 0 Å². The lowest BCUT2D eigenvalue weighted by Crippen LogP contribution is -2.29. The van der Waals surface area contributed by atoms with Crippen molar-refractivity contribution in [3.05, 3.63) is 18.3 Å². The van der Waals surface area contributed by atoms with Crippen LogP contribution in [0.5, 0.6) is 0 Å². The summed E-state index contributed by atoms with van der Waals surface area (Å²) in [4.78, 5) is 4.21. The first kappa shape index (κ1) is 12.2. The highest BCUT2D eigenvalue weighted by Gasteiger charge is 2.24. The normalized spacial score (nSPS) is 24.5. The summed E-state index contributed by atoms with van der Waals surface area (Å²) in [6.07, 6.45) is 6.57. The number of aliphatic hydroxyl groups is 1. The van der Waals surface area contributed by atoms with Crippen LogP contribution in [-0.2, 0) is 0 Å². The standard InChI is InChI=1S/C13H21N3O/c14-12-6-3-7-15-13(12)16-8-10-4-1-2-5-11(10)9-17/h3,6-7,10-11,17H,1-2,4-5,8-9,14H2,(H,15,16). The van der Waals surface area contributed by atoms with E-state index in [1.807, 2.05) is 12.1 Å². The van der Waals surface area contributed by atoms with Crippen molar-refractivity contribution in [2.75, 3.05) is 24.2 Å². The number of nitrogen functional groups attached to an aromatic ring is 1. The molecule has 1 fully saturated rings. The fourth-order valence-corrected chi connectivity index (χ4v) is 2.59. The first-order chi connectivity index (χ1) is 8.31. The minimum Gasteiger partial charge on any atom is -0.396 e. The maximum absolute atomic E-state index is 9.35. The molecular weight excluding hydrogens is 214 g/mol. The largest absolute Gasteiger partial charge is 0.396 e. The Labute approximate surface area is 102 Å². The van der Waals surface area contributed by atoms with Gasteiger partial charge in [-0.15, -0.1) is 0 Å². The third kappa shape index (κ3) is 3.09. The maximum atomic E-state index is 9.35. The van der Waals surface area contributed by atoms with Gasteiger partial charge in [0.1, 0.15) is 5.82 Å². The van der Waals surface area contributed by atoms with Crippen molar-refractivity contribution in [1.82, 2.24) is 4.98 Å². The second kappa shape index (κ2) is 5.87. The lowest BCUT2D eigenvalue weighted by molar-refractivity contribution is 0.141. The van der Waals surface area contributed by atoms with E-state index in [4.69, 9.17) is 5.73 Å². The Morgan fingerprint density at radius 1 is 1.35 bits per heavy atom. The zero-order chi connectivity index (χ0) is 12.1. The van der Waals surface area contributed by atoms with E-state index in [0.29, 0.717) is 24.1 Å². The van der Waals surface area contributed by atoms with Gasteiger partial charge in [0.2, 0.25) is 0 Å². The highest BCUT2D eigenvalue weighted by atomic mass is 16.3. The van der Waals surface area contributed by atoms with Crippen LogP contribution in [0.4, 0.5) is 11.5 Å². The highest BCUT2D eigenvalue weighted by molar-refractivity contribution is 5.60. The Bertz CT molecular complexity index is 356. The van der Waals surface area contributed by atoms with Gasteiger partial charge in [0.05, 0.1) is 5.69 Å². The molecule has 4 N–H and O–H groups in total. The molecule has 1 aliphatic carbocycles. The summed E-state index contributed by atoms with van der Waals surface area (Å²) in [6, 6.07) is 3.68. The quantitative estimate of drug-likeness (QED) is 0.745. The third-order valence-electron chi connectivity index (χ3n) is 3.67. The Kier molecular flexibility index (Phi) is 4.20. The zero-order valence-corrected chi connectivity index (χ0v) is 10.1. The molecular formula is C13H21N3O. The lowest BCUT2D eigenvalue weighted by Gasteiger charge is -2.30. The molecule has 2 unspecified atom stereocenters. The first-order valence-electron chi connectivity index (χ1n) is 6.36. The molecule has 1 aromatic rings. The van der Waals surface area contributed by atoms with Crippen LogP contribution in [0.1, 0.15) is 25.7 Å². The minimum atomic E-state index is 0.296. The molecule has 2 atom stereocenters. The van der Waals surface area contributed by atoms with E-state index in [1.54, 1.807) is 6.20 Å². The van der Waals surface area contributed by atoms with E-state index in [2.05, 4.69) is 10.3 Å². The van der Waals surface area contributed by atoms with E-state index in [9.17, 15) is 5.11 Å². The average molecular weight is 235 g/mol. The van der Waals surface area contributed by atoms with Crippen molar-refractivity contribution < 1.29 is 5.11 Å². The molecule has 0 bridgehead atoms. The molecule has 1 heterocycles. The summed E-state index contributed by atoms with van der Waals surface area (Å²) in [5.74, 6) is 1.73. The number of pyridine rings is 1. The molecule has 0 saturated heterocycles. The number of nitrogens with zero attached hydrogens (tertiary/aromatic N) is 1. The number of aliphatic hydroxyl groups excluding tert-OH is 1. The Balaban J connectivity index is 1.90. The van der Waals surface area contributed by atoms with E-state index < -0.39 is 0 Å². The fourth-order valence-electron chi connectivity index (χ4n) is 2.59. The van der Waals surface area contributed by atoms with Crippen molar-refractivity contribution in [3.8, 4) is 0 Å². The third-order valence-corrected chi connectivity index (χ3v) is 3.67. The molecule has 94 valence electrons. The van der Waals surface area contributed by atoms with Gasteiger partial charge < -0.3 is 16.2 Å². The molecule has 2 rings (SSSR count). The number of hydrogen-bond acceptors (Lipinski definition) is 4. The van der Waals surface area contributed by atoms with Gasteiger partial charge in [-0.25, -0.2) is 4.98 Å². The Morgan fingerprint density at radius 2 is 2.12 bits per heavy atom. The number of nitrogens with two attached hydrogens (primary N) is 1. The number of hydrogen-bond donors (Lipinski definition) is 3.